The van der Waals surface area contributed by atoms with Gasteiger partial charge in [-0.1, -0.05) is 6.08 Å². The molecule has 0 aromatic heterocycles. The Morgan fingerprint density at radius 3 is 2.64 bits per heavy atom. The Balaban J connectivity index is 2.62. The van der Waals surface area contributed by atoms with Crippen LogP contribution in [0.15, 0.2) is 12.7 Å². The van der Waals surface area contributed by atoms with E-state index >= 15 is 0 Å². The zero-order chi connectivity index (χ0) is 10.8. The molecular formula is C10H14F2O2. The first kappa shape index (κ1) is 11.1. The van der Waals surface area contributed by atoms with E-state index in [4.69, 9.17) is 0 Å². The summed E-state index contributed by atoms with van der Waals surface area (Å²) >= 11 is 0. The van der Waals surface area contributed by atoms with Crippen molar-refractivity contribution in [2.75, 3.05) is 0 Å². The third-order valence-electron chi connectivity index (χ3n) is 2.45. The highest BCUT2D eigenvalue weighted by molar-refractivity contribution is 5.66. The number of esters is 1. The lowest BCUT2D eigenvalue weighted by Crippen LogP contribution is -2.42. The van der Waals surface area contributed by atoms with Crippen LogP contribution in [0.25, 0.3) is 0 Å². The lowest BCUT2D eigenvalue weighted by atomic mass is 9.84. The number of carbonyl (C=O) groups is 1. The van der Waals surface area contributed by atoms with Gasteiger partial charge in [-0.25, -0.2) is 8.78 Å². The topological polar surface area (TPSA) is 26.3 Å². The lowest BCUT2D eigenvalue weighted by Gasteiger charge is -2.33. The van der Waals surface area contributed by atoms with Gasteiger partial charge in [-0.15, -0.1) is 6.58 Å². The van der Waals surface area contributed by atoms with Gasteiger partial charge in [0.25, 0.3) is 5.92 Å². The van der Waals surface area contributed by atoms with Gasteiger partial charge in [0.05, 0.1) is 0 Å². The molecule has 1 rings (SSSR count). The summed E-state index contributed by atoms with van der Waals surface area (Å²) < 4.78 is 31.3. The molecule has 1 aliphatic rings. The fourth-order valence-corrected chi connectivity index (χ4v) is 1.71. The highest BCUT2D eigenvalue weighted by Crippen LogP contribution is 2.39. The molecule has 0 saturated heterocycles. The normalized spacial score (nSPS) is 30.8. The van der Waals surface area contributed by atoms with E-state index in [1.807, 2.05) is 0 Å². The van der Waals surface area contributed by atoms with Crippen LogP contribution in [0.5, 0.6) is 0 Å². The van der Waals surface area contributed by atoms with Gasteiger partial charge in [0.2, 0.25) is 0 Å². The van der Waals surface area contributed by atoms with Gasteiger partial charge >= 0.3 is 5.97 Å². The molecule has 0 aromatic carbocycles. The third-order valence-corrected chi connectivity index (χ3v) is 2.45. The first-order chi connectivity index (χ1) is 6.45. The summed E-state index contributed by atoms with van der Waals surface area (Å²) in [6, 6.07) is 0. The minimum atomic E-state index is -2.91. The van der Waals surface area contributed by atoms with Crippen LogP contribution in [0.2, 0.25) is 0 Å². The second-order valence-corrected chi connectivity index (χ2v) is 3.64. The molecule has 0 N–H and O–H groups in total. The van der Waals surface area contributed by atoms with Crippen LogP contribution < -0.4 is 0 Å². The predicted octanol–water partition coefficient (Wildman–Crippen LogP) is 2.54. The van der Waals surface area contributed by atoms with Crippen molar-refractivity contribution in [3.8, 4) is 0 Å². The van der Waals surface area contributed by atoms with Crippen LogP contribution in [-0.2, 0) is 9.53 Å². The maximum Gasteiger partial charge on any atom is 0.303 e. The molecule has 80 valence electrons. The zero-order valence-electron chi connectivity index (χ0n) is 8.13. The summed E-state index contributed by atoms with van der Waals surface area (Å²) in [5, 5.41) is 0. The molecule has 1 aliphatic carbocycles. The molecule has 0 unspecified atom stereocenters. The first-order valence-electron chi connectivity index (χ1n) is 4.63. The monoisotopic (exact) mass is 204 g/mol. The van der Waals surface area contributed by atoms with Crippen molar-refractivity contribution in [3.63, 3.8) is 0 Å². The second-order valence-electron chi connectivity index (χ2n) is 3.64. The summed E-state index contributed by atoms with van der Waals surface area (Å²) in [6.45, 7) is 4.64. The average molecular weight is 204 g/mol. The summed E-state index contributed by atoms with van der Waals surface area (Å²) in [6.07, 6.45) is 0.836. The molecule has 0 amide bonds. The van der Waals surface area contributed by atoms with Gasteiger partial charge in [-0.05, 0) is 18.8 Å². The van der Waals surface area contributed by atoms with E-state index in [9.17, 15) is 13.6 Å². The smallest absolute Gasteiger partial charge is 0.303 e. The fraction of sp³-hybridized carbons (Fsp3) is 0.700. The van der Waals surface area contributed by atoms with Crippen molar-refractivity contribution in [3.05, 3.63) is 12.7 Å². The van der Waals surface area contributed by atoms with Crippen LogP contribution in [0.4, 0.5) is 8.78 Å². The molecule has 14 heavy (non-hydrogen) atoms. The summed E-state index contributed by atoms with van der Waals surface area (Å²) in [5.74, 6) is -3.73. The fourth-order valence-electron chi connectivity index (χ4n) is 1.71. The maximum absolute atomic E-state index is 13.3. The molecule has 0 aliphatic heterocycles. The van der Waals surface area contributed by atoms with E-state index in [2.05, 4.69) is 11.3 Å². The number of carbonyl (C=O) groups excluding carboxylic acids is 1. The SMILES string of the molecule is C=C[C@@H]1CC[C@H](OC(C)=O)C(F)(F)C1. The van der Waals surface area contributed by atoms with Gasteiger partial charge in [0.1, 0.15) is 0 Å². The Morgan fingerprint density at radius 1 is 1.57 bits per heavy atom. The Kier molecular flexibility index (Phi) is 3.24. The number of hydrogen-bond donors (Lipinski definition) is 0. The average Bonchev–Trinajstić information content (AvgIpc) is 2.07. The van der Waals surface area contributed by atoms with Gasteiger partial charge < -0.3 is 4.74 Å². The van der Waals surface area contributed by atoms with Gasteiger partial charge in [0, 0.05) is 13.3 Å². The molecular weight excluding hydrogens is 190 g/mol. The van der Waals surface area contributed by atoms with Crippen molar-refractivity contribution in [2.24, 2.45) is 5.92 Å². The number of ether oxygens (including phenoxy) is 1. The highest BCUT2D eigenvalue weighted by atomic mass is 19.3. The molecule has 0 spiro atoms. The minimum Gasteiger partial charge on any atom is -0.456 e. The first-order valence-corrected chi connectivity index (χ1v) is 4.63. The van der Waals surface area contributed by atoms with E-state index in [1.165, 1.54) is 6.08 Å². The molecule has 2 nitrogen and oxygen atoms in total. The number of hydrogen-bond acceptors (Lipinski definition) is 2. The number of rotatable bonds is 2. The van der Waals surface area contributed by atoms with Crippen LogP contribution >= 0.6 is 0 Å². The summed E-state index contributed by atoms with van der Waals surface area (Å²) in [4.78, 5) is 10.6. The van der Waals surface area contributed by atoms with Crippen LogP contribution in [-0.4, -0.2) is 18.0 Å². The van der Waals surface area contributed by atoms with Crippen molar-refractivity contribution in [1.29, 1.82) is 0 Å². The highest BCUT2D eigenvalue weighted by Gasteiger charge is 2.46. The van der Waals surface area contributed by atoms with E-state index in [0.717, 1.165) is 6.92 Å². The van der Waals surface area contributed by atoms with Gasteiger partial charge in [-0.3, -0.25) is 4.79 Å². The largest absolute Gasteiger partial charge is 0.456 e. The second kappa shape index (κ2) is 4.07. The van der Waals surface area contributed by atoms with E-state index in [0.29, 0.717) is 6.42 Å². The van der Waals surface area contributed by atoms with E-state index < -0.39 is 18.0 Å². The number of halogens is 2. The molecule has 0 heterocycles. The quantitative estimate of drug-likeness (QED) is 0.510. The summed E-state index contributed by atoms with van der Waals surface area (Å²) in [5.41, 5.74) is 0. The maximum atomic E-state index is 13.3. The zero-order valence-corrected chi connectivity index (χ0v) is 8.13. The standard InChI is InChI=1S/C10H14F2O2/c1-3-8-4-5-9(14-7(2)13)10(11,12)6-8/h3,8-9H,1,4-6H2,2H3/t8-,9+/m1/s1. The van der Waals surface area contributed by atoms with Crippen LogP contribution in [0, 0.1) is 5.92 Å². The molecule has 0 aromatic rings. The molecule has 4 heteroatoms. The Hall–Kier alpha value is -0.930. The van der Waals surface area contributed by atoms with Crippen LogP contribution in [0.1, 0.15) is 26.2 Å². The Bertz CT molecular complexity index is 238. The van der Waals surface area contributed by atoms with E-state index in [-0.39, 0.29) is 18.8 Å². The molecule has 0 bridgehead atoms. The minimum absolute atomic E-state index is 0.170. The summed E-state index contributed by atoms with van der Waals surface area (Å²) in [7, 11) is 0. The molecule has 0 radical (unpaired) electrons. The molecule has 1 fully saturated rings. The third kappa shape index (κ3) is 2.53. The number of alkyl halides is 2. The predicted molar refractivity (Wildman–Crippen MR) is 48.0 cm³/mol. The Morgan fingerprint density at radius 2 is 2.21 bits per heavy atom. The van der Waals surface area contributed by atoms with Crippen LogP contribution in [0.3, 0.4) is 0 Å². The van der Waals surface area contributed by atoms with Crippen molar-refractivity contribution in [2.45, 2.75) is 38.2 Å². The van der Waals surface area contributed by atoms with Crippen molar-refractivity contribution >= 4 is 5.97 Å². The lowest BCUT2D eigenvalue weighted by molar-refractivity contribution is -0.182. The Labute approximate surface area is 81.9 Å². The van der Waals surface area contributed by atoms with Gasteiger partial charge in [0.15, 0.2) is 6.10 Å². The van der Waals surface area contributed by atoms with Crippen molar-refractivity contribution < 1.29 is 18.3 Å². The number of allylic oxidation sites excluding steroid dienone is 1. The molecule has 2 atom stereocenters. The van der Waals surface area contributed by atoms with Gasteiger partial charge in [-0.2, -0.15) is 0 Å². The van der Waals surface area contributed by atoms with Crippen molar-refractivity contribution in [1.82, 2.24) is 0 Å². The van der Waals surface area contributed by atoms with E-state index in [1.54, 1.807) is 0 Å². The molecule has 1 saturated carbocycles.